The van der Waals surface area contributed by atoms with Crippen LogP contribution < -0.4 is 5.73 Å². The van der Waals surface area contributed by atoms with E-state index in [0.29, 0.717) is 18.2 Å². The highest BCUT2D eigenvalue weighted by atomic mass is 32.1. The number of nitrogens with two attached hydrogens (primary N) is 1. The van der Waals surface area contributed by atoms with Crippen LogP contribution in [0, 0.1) is 0 Å². The van der Waals surface area contributed by atoms with Gasteiger partial charge in [0, 0.05) is 48.1 Å². The number of thiophene rings is 1. The van der Waals surface area contributed by atoms with Crippen molar-refractivity contribution in [2.45, 2.75) is 45.1 Å². The molecule has 0 bridgehead atoms. The van der Waals surface area contributed by atoms with E-state index in [1.165, 1.54) is 109 Å². The lowest BCUT2D eigenvalue weighted by Gasteiger charge is -2.13. The van der Waals surface area contributed by atoms with Gasteiger partial charge in [0.2, 0.25) is 0 Å². The summed E-state index contributed by atoms with van der Waals surface area (Å²) in [5, 5.41) is 3.80. The van der Waals surface area contributed by atoms with Gasteiger partial charge in [-0.3, -0.25) is 4.99 Å². The number of allylic oxidation sites excluding steroid dienone is 7. The molecule has 0 spiro atoms. The van der Waals surface area contributed by atoms with Gasteiger partial charge in [0.15, 0.2) is 5.84 Å². The first-order valence-electron chi connectivity index (χ1n) is 30.1. The summed E-state index contributed by atoms with van der Waals surface area (Å²) in [6.07, 6.45) is 24.3. The average molecular weight is 1120 g/mol. The first-order valence-corrected chi connectivity index (χ1v) is 30.9. The van der Waals surface area contributed by atoms with Gasteiger partial charge in [0.05, 0.1) is 17.6 Å². The molecule has 3 aliphatic rings. The van der Waals surface area contributed by atoms with Crippen LogP contribution in [0.25, 0.3) is 116 Å². The van der Waals surface area contributed by atoms with Crippen LogP contribution in [0.15, 0.2) is 289 Å². The largest absolute Gasteiger partial charge is 0.383 e. The zero-order valence-electron chi connectivity index (χ0n) is 47.8. The summed E-state index contributed by atoms with van der Waals surface area (Å²) in [6.45, 7) is 0.506. The maximum Gasteiger partial charge on any atom is 0.157 e. The van der Waals surface area contributed by atoms with E-state index in [9.17, 15) is 0 Å². The predicted octanol–water partition coefficient (Wildman–Crippen LogP) is 21.3. The molecule has 2 N–H and O–H groups in total. The van der Waals surface area contributed by atoms with E-state index >= 15 is 0 Å². The fourth-order valence-electron chi connectivity index (χ4n) is 12.7. The summed E-state index contributed by atoms with van der Waals surface area (Å²) in [5.41, 5.74) is 31.4. The third-order valence-electron chi connectivity index (χ3n) is 17.2. The van der Waals surface area contributed by atoms with Gasteiger partial charge >= 0.3 is 0 Å². The number of aromatic nitrogens is 1. The number of nitrogens with zero attached hydrogens (tertiary/aromatic N) is 3. The Balaban J connectivity index is 0.727. The molecule has 0 radical (unpaired) electrons. The maximum absolute atomic E-state index is 6.66. The molecule has 0 aliphatic heterocycles. The normalized spacial score (nSPS) is 14.2. The van der Waals surface area contributed by atoms with Gasteiger partial charge in [-0.05, 0) is 189 Å². The van der Waals surface area contributed by atoms with Gasteiger partial charge < -0.3 is 10.3 Å². The van der Waals surface area contributed by atoms with Gasteiger partial charge in [0.1, 0.15) is 5.84 Å². The van der Waals surface area contributed by atoms with Crippen LogP contribution >= 0.6 is 11.3 Å². The highest BCUT2D eigenvalue weighted by Gasteiger charge is 2.20. The summed E-state index contributed by atoms with van der Waals surface area (Å²) in [5.74, 6) is 1.10. The van der Waals surface area contributed by atoms with Crippen molar-refractivity contribution in [3.05, 3.63) is 306 Å². The standard InChI is InChI=1S/C81H62N4S/c82-80(59-22-8-3-9-23-59)84-81(83-53-54-18-4-1-5-19-54)68-31-17-26-62(49-68)56-36-38-58(39-37-56)73-51-69(52-75-72-33-11-13-35-78(72)86-79(73)75)66-30-15-25-61(47-66)57-40-43-70(44-41-57)85-76-34-12-10-32-71(76)74-50-67(42-45-77(74)85)65-29-16-28-64(48-65)63-27-14-24-60(46-63)55-20-6-2-7-21-55/h1,4-6,8,10-12,14-34,36-52H,2-3,7,9,13,35,53H2,(H2,82,83,84). The van der Waals surface area contributed by atoms with Crippen molar-refractivity contribution in [3.63, 3.8) is 0 Å². The lowest BCUT2D eigenvalue weighted by atomic mass is 9.92. The Bertz CT molecular complexity index is 4820. The molecule has 412 valence electrons. The fourth-order valence-corrected chi connectivity index (χ4v) is 14.1. The number of aryl methyl sites for hydroxylation is 1. The molecule has 0 atom stereocenters. The number of hydrogen-bond acceptors (Lipinski definition) is 2. The number of hydrogen-bond donors (Lipinski definition) is 1. The first kappa shape index (κ1) is 52.6. The van der Waals surface area contributed by atoms with E-state index in [0.717, 1.165) is 72.0 Å². The van der Waals surface area contributed by atoms with E-state index in [-0.39, 0.29) is 0 Å². The van der Waals surface area contributed by atoms with E-state index in [1.54, 1.807) is 0 Å². The highest BCUT2D eigenvalue weighted by molar-refractivity contribution is 7.20. The van der Waals surface area contributed by atoms with Crippen LogP contribution in [0.3, 0.4) is 0 Å². The summed E-state index contributed by atoms with van der Waals surface area (Å²) in [4.78, 5) is 11.5. The van der Waals surface area contributed by atoms with Gasteiger partial charge in [-0.15, -0.1) is 11.3 Å². The smallest absolute Gasteiger partial charge is 0.157 e. The maximum atomic E-state index is 6.66. The summed E-state index contributed by atoms with van der Waals surface area (Å²) in [6, 6.07) is 84.7. The molecule has 0 amide bonds. The second-order valence-electron chi connectivity index (χ2n) is 22.7. The molecule has 12 aromatic rings. The monoisotopic (exact) mass is 1120 g/mol. The predicted molar refractivity (Wildman–Crippen MR) is 367 cm³/mol. The van der Waals surface area contributed by atoms with E-state index in [1.807, 2.05) is 29.5 Å². The van der Waals surface area contributed by atoms with Gasteiger partial charge in [-0.25, -0.2) is 4.99 Å². The number of rotatable bonds is 12. The minimum absolute atomic E-state index is 0.482. The molecule has 2 aromatic heterocycles. The van der Waals surface area contributed by atoms with Gasteiger partial charge in [0.25, 0.3) is 0 Å². The zero-order chi connectivity index (χ0) is 57.3. The van der Waals surface area contributed by atoms with E-state index in [4.69, 9.17) is 15.7 Å². The molecule has 2 heterocycles. The molecule has 0 saturated carbocycles. The summed E-state index contributed by atoms with van der Waals surface area (Å²) >= 11 is 1.95. The lowest BCUT2D eigenvalue weighted by molar-refractivity contribution is 1.02. The van der Waals surface area contributed by atoms with Crippen LogP contribution in [0.4, 0.5) is 0 Å². The molecule has 4 nitrogen and oxygen atoms in total. The van der Waals surface area contributed by atoms with E-state index in [2.05, 4.69) is 265 Å². The summed E-state index contributed by atoms with van der Waals surface area (Å²) < 4.78 is 3.75. The number of amidine groups is 2. The van der Waals surface area contributed by atoms with Crippen molar-refractivity contribution >= 4 is 66.5 Å². The first-order chi connectivity index (χ1) is 42.5. The molecule has 86 heavy (non-hydrogen) atoms. The minimum atomic E-state index is 0.482. The van der Waals surface area contributed by atoms with Crippen molar-refractivity contribution in [3.8, 4) is 72.4 Å². The van der Waals surface area contributed by atoms with Crippen molar-refractivity contribution < 1.29 is 0 Å². The zero-order valence-corrected chi connectivity index (χ0v) is 48.7. The molecular formula is C81H62N4S. The molecule has 0 saturated heterocycles. The molecule has 3 aliphatic carbocycles. The van der Waals surface area contributed by atoms with Crippen molar-refractivity contribution in [1.82, 2.24) is 4.57 Å². The van der Waals surface area contributed by atoms with Crippen LogP contribution in [0.2, 0.25) is 0 Å². The van der Waals surface area contributed by atoms with Gasteiger partial charge in [-0.2, -0.15) is 0 Å². The molecule has 0 unspecified atom stereocenters. The molecule has 5 heteroatoms. The Morgan fingerprint density at radius 2 is 1.01 bits per heavy atom. The molecular weight excluding hydrogens is 1060 g/mol. The number of fused-ring (bicyclic) bond motifs is 6. The van der Waals surface area contributed by atoms with Gasteiger partial charge in [-0.1, -0.05) is 212 Å². The number of para-hydroxylation sites is 1. The molecule has 10 aromatic carbocycles. The fraction of sp³-hybridized carbons (Fsp3) is 0.0864. The Labute approximate surface area is 507 Å². The van der Waals surface area contributed by atoms with Crippen LogP contribution in [0.1, 0.15) is 59.2 Å². The van der Waals surface area contributed by atoms with Crippen LogP contribution in [0.5, 0.6) is 0 Å². The average Bonchev–Trinajstić information content (AvgIpc) is 1.85. The minimum Gasteiger partial charge on any atom is -0.383 e. The third-order valence-corrected chi connectivity index (χ3v) is 18.5. The van der Waals surface area contributed by atoms with Crippen molar-refractivity contribution in [1.29, 1.82) is 0 Å². The van der Waals surface area contributed by atoms with Crippen LogP contribution in [-0.2, 0) is 13.0 Å². The highest BCUT2D eigenvalue weighted by Crippen LogP contribution is 2.45. The molecule has 15 rings (SSSR count). The Morgan fingerprint density at radius 3 is 1.74 bits per heavy atom. The second kappa shape index (κ2) is 23.1. The Morgan fingerprint density at radius 1 is 0.430 bits per heavy atom. The quantitative estimate of drug-likeness (QED) is 0.0962. The Hall–Kier alpha value is -10.2. The molecule has 0 fully saturated rings. The number of benzene rings is 10. The lowest BCUT2D eigenvalue weighted by Crippen LogP contribution is -2.17. The van der Waals surface area contributed by atoms with E-state index < -0.39 is 0 Å². The second-order valence-corrected chi connectivity index (χ2v) is 23.8. The number of aliphatic imine (C=N–C) groups is 2. The topological polar surface area (TPSA) is 55.7 Å². The summed E-state index contributed by atoms with van der Waals surface area (Å²) in [7, 11) is 0. The van der Waals surface area contributed by atoms with Crippen molar-refractivity contribution in [2.24, 2.45) is 15.7 Å². The SMILES string of the molecule is NC(=NC(=NCc1ccccc1)c1cccc(-c2ccc(-c3cc(-c4cccc(-c5ccc(-n6c7ccccc7c7cc(-c8cccc(-c9cccc(C%10=CCCC=C%10)c9)c8)ccc76)cc5)c4)cc4c5c(sc34)CCC=C5)cc2)c1)C1=CCCC=C1. The third kappa shape index (κ3) is 10.4. The Kier molecular flexibility index (Phi) is 14.1. The van der Waals surface area contributed by atoms with Crippen LogP contribution in [-0.4, -0.2) is 16.2 Å². The van der Waals surface area contributed by atoms with Crippen molar-refractivity contribution in [2.75, 3.05) is 0 Å².